The van der Waals surface area contributed by atoms with E-state index in [0.717, 1.165) is 22.7 Å². The lowest BCUT2D eigenvalue weighted by molar-refractivity contribution is -0.139. The zero-order valence-electron chi connectivity index (χ0n) is 25.1. The van der Waals surface area contributed by atoms with Crippen LogP contribution in [0.5, 0.6) is 11.5 Å². The number of unbranched alkanes of at least 4 members (excludes halogenated alkanes) is 1. The van der Waals surface area contributed by atoms with Crippen LogP contribution < -0.4 is 19.1 Å². The molecule has 0 saturated heterocycles. The van der Waals surface area contributed by atoms with Crippen molar-refractivity contribution in [2.75, 3.05) is 38.2 Å². The standard InChI is InChI=1S/C32H40ClN3O6S/c1-5-7-20-34-32(38)28(6-2)35(21-19-24-11-9-8-10-12-24)31(37)23-36(26-15-13-25(33)14-16-26)43(39,40)27-17-18-29(41-3)30(22-27)42-4/h8-18,22,28H,5-7,19-21,23H2,1-4H3,(H,34,38)/t28-/m0/s1. The molecule has 3 aromatic rings. The summed E-state index contributed by atoms with van der Waals surface area (Å²) in [6.45, 7) is 4.06. The van der Waals surface area contributed by atoms with Crippen LogP contribution in [0.15, 0.2) is 77.7 Å². The molecule has 9 nitrogen and oxygen atoms in total. The molecule has 1 atom stereocenters. The summed E-state index contributed by atoms with van der Waals surface area (Å²) in [5.41, 5.74) is 1.24. The second-order valence-electron chi connectivity index (χ2n) is 9.90. The average Bonchev–Trinajstić information content (AvgIpc) is 3.02. The highest BCUT2D eigenvalue weighted by Crippen LogP contribution is 2.32. The van der Waals surface area contributed by atoms with Gasteiger partial charge in [0.05, 0.1) is 24.8 Å². The highest BCUT2D eigenvalue weighted by atomic mass is 35.5. The summed E-state index contributed by atoms with van der Waals surface area (Å²) in [6, 6.07) is 19.3. The molecule has 232 valence electrons. The zero-order valence-corrected chi connectivity index (χ0v) is 26.7. The molecule has 0 fully saturated rings. The number of amides is 2. The number of methoxy groups -OCH3 is 2. The average molecular weight is 630 g/mol. The van der Waals surface area contributed by atoms with Crippen molar-refractivity contribution in [3.8, 4) is 11.5 Å². The number of sulfonamides is 1. The van der Waals surface area contributed by atoms with Crippen LogP contribution >= 0.6 is 11.6 Å². The van der Waals surface area contributed by atoms with Gasteiger partial charge >= 0.3 is 0 Å². The molecule has 0 radical (unpaired) electrons. The van der Waals surface area contributed by atoms with Gasteiger partial charge in [-0.1, -0.05) is 62.2 Å². The topological polar surface area (TPSA) is 105 Å². The van der Waals surface area contributed by atoms with Crippen LogP contribution in [0.1, 0.15) is 38.7 Å². The van der Waals surface area contributed by atoms with Gasteiger partial charge in [-0.2, -0.15) is 0 Å². The number of nitrogens with zero attached hydrogens (tertiary/aromatic N) is 2. The van der Waals surface area contributed by atoms with Crippen LogP contribution in [0.2, 0.25) is 5.02 Å². The highest BCUT2D eigenvalue weighted by Gasteiger charge is 2.33. The van der Waals surface area contributed by atoms with Gasteiger partial charge in [-0.15, -0.1) is 0 Å². The first-order chi connectivity index (χ1) is 20.7. The summed E-state index contributed by atoms with van der Waals surface area (Å²) in [5.74, 6) is -0.182. The fourth-order valence-corrected chi connectivity index (χ4v) is 6.20. The fourth-order valence-electron chi connectivity index (χ4n) is 4.64. The summed E-state index contributed by atoms with van der Waals surface area (Å²) < 4.78 is 39.9. The van der Waals surface area contributed by atoms with Gasteiger partial charge in [-0.25, -0.2) is 8.42 Å². The molecule has 0 aliphatic heterocycles. The molecule has 1 N–H and O–H groups in total. The van der Waals surface area contributed by atoms with Crippen LogP contribution in [-0.4, -0.2) is 65.0 Å². The van der Waals surface area contributed by atoms with Gasteiger partial charge in [0.1, 0.15) is 12.6 Å². The first-order valence-electron chi connectivity index (χ1n) is 14.3. The number of halogens is 1. The monoisotopic (exact) mass is 629 g/mol. The van der Waals surface area contributed by atoms with Gasteiger partial charge in [-0.05, 0) is 61.2 Å². The van der Waals surface area contributed by atoms with Crippen molar-refractivity contribution in [2.45, 2.75) is 50.5 Å². The zero-order chi connectivity index (χ0) is 31.4. The number of nitrogens with one attached hydrogen (secondary N) is 1. The van der Waals surface area contributed by atoms with Crippen LogP contribution in [0.4, 0.5) is 5.69 Å². The Morgan fingerprint density at radius 3 is 2.21 bits per heavy atom. The Morgan fingerprint density at radius 2 is 1.60 bits per heavy atom. The Labute approximate surface area is 259 Å². The molecule has 0 aliphatic rings. The summed E-state index contributed by atoms with van der Waals surface area (Å²) in [5, 5.41) is 3.35. The quantitative estimate of drug-likeness (QED) is 0.215. The molecular weight excluding hydrogens is 590 g/mol. The highest BCUT2D eigenvalue weighted by molar-refractivity contribution is 7.92. The predicted octanol–water partition coefficient (Wildman–Crippen LogP) is 5.32. The molecule has 0 unspecified atom stereocenters. The largest absolute Gasteiger partial charge is 0.493 e. The van der Waals surface area contributed by atoms with E-state index in [-0.39, 0.29) is 28.8 Å². The number of hydrogen-bond donors (Lipinski definition) is 1. The van der Waals surface area contributed by atoms with Crippen molar-refractivity contribution in [3.63, 3.8) is 0 Å². The van der Waals surface area contributed by atoms with Gasteiger partial charge in [0.15, 0.2) is 11.5 Å². The summed E-state index contributed by atoms with van der Waals surface area (Å²) in [7, 11) is -1.42. The normalized spacial score (nSPS) is 11.8. The van der Waals surface area contributed by atoms with Crippen LogP contribution in [0, 0.1) is 0 Å². The number of carbonyl (C=O) groups excluding carboxylic acids is 2. The SMILES string of the molecule is CCCCNC(=O)[C@H](CC)N(CCc1ccccc1)C(=O)CN(c1ccc(Cl)cc1)S(=O)(=O)c1ccc(OC)c(OC)c1. The third-order valence-electron chi connectivity index (χ3n) is 7.04. The smallest absolute Gasteiger partial charge is 0.264 e. The summed E-state index contributed by atoms with van der Waals surface area (Å²) >= 11 is 6.11. The Morgan fingerprint density at radius 1 is 0.930 bits per heavy atom. The van der Waals surface area contributed by atoms with E-state index in [1.807, 2.05) is 44.2 Å². The lowest BCUT2D eigenvalue weighted by atomic mass is 10.1. The van der Waals surface area contributed by atoms with Crippen molar-refractivity contribution in [1.82, 2.24) is 10.2 Å². The van der Waals surface area contributed by atoms with Crippen molar-refractivity contribution in [1.29, 1.82) is 0 Å². The maximum absolute atomic E-state index is 14.1. The van der Waals surface area contributed by atoms with Gasteiger partial charge in [0, 0.05) is 24.2 Å². The lowest BCUT2D eigenvalue weighted by Crippen LogP contribution is -2.53. The second-order valence-corrected chi connectivity index (χ2v) is 12.2. The summed E-state index contributed by atoms with van der Waals surface area (Å²) in [6.07, 6.45) is 2.59. The lowest BCUT2D eigenvalue weighted by Gasteiger charge is -2.33. The van der Waals surface area contributed by atoms with E-state index in [2.05, 4.69) is 5.32 Å². The summed E-state index contributed by atoms with van der Waals surface area (Å²) in [4.78, 5) is 28.8. The van der Waals surface area contributed by atoms with Gasteiger partial charge in [0.25, 0.3) is 10.0 Å². The van der Waals surface area contributed by atoms with Crippen LogP contribution in [0.25, 0.3) is 0 Å². The number of anilines is 1. The van der Waals surface area contributed by atoms with E-state index in [1.165, 1.54) is 49.5 Å². The Balaban J connectivity index is 2.02. The molecule has 0 spiro atoms. The van der Waals surface area contributed by atoms with Crippen molar-refractivity contribution >= 4 is 39.1 Å². The molecule has 0 aromatic heterocycles. The number of benzene rings is 3. The Kier molecular flexibility index (Phi) is 12.7. The molecule has 0 heterocycles. The van der Waals surface area contributed by atoms with Crippen molar-refractivity contribution in [2.24, 2.45) is 0 Å². The molecule has 2 amide bonds. The molecule has 0 saturated carbocycles. The number of hydrogen-bond acceptors (Lipinski definition) is 6. The first kappa shape index (κ1) is 33.7. The van der Waals surface area contributed by atoms with Crippen LogP contribution in [0.3, 0.4) is 0 Å². The Hall–Kier alpha value is -3.76. The minimum absolute atomic E-state index is 0.0897. The molecule has 11 heteroatoms. The minimum atomic E-state index is -4.28. The van der Waals surface area contributed by atoms with E-state index in [1.54, 1.807) is 12.1 Å². The molecule has 3 aromatic carbocycles. The molecule has 0 bridgehead atoms. The van der Waals surface area contributed by atoms with Gasteiger partial charge in [0.2, 0.25) is 11.8 Å². The van der Waals surface area contributed by atoms with Crippen molar-refractivity contribution in [3.05, 3.63) is 83.4 Å². The minimum Gasteiger partial charge on any atom is -0.493 e. The number of carbonyl (C=O) groups is 2. The predicted molar refractivity (Wildman–Crippen MR) is 169 cm³/mol. The van der Waals surface area contributed by atoms with Gasteiger partial charge < -0.3 is 19.7 Å². The van der Waals surface area contributed by atoms with E-state index >= 15 is 0 Å². The molecule has 43 heavy (non-hydrogen) atoms. The maximum Gasteiger partial charge on any atom is 0.264 e. The molecular formula is C32H40ClN3O6S. The third kappa shape index (κ3) is 8.87. The van der Waals surface area contributed by atoms with E-state index in [9.17, 15) is 18.0 Å². The van der Waals surface area contributed by atoms with Gasteiger partial charge in [-0.3, -0.25) is 13.9 Å². The second kappa shape index (κ2) is 16.2. The Bertz CT molecular complexity index is 1450. The molecule has 3 rings (SSSR count). The van der Waals surface area contributed by atoms with Crippen molar-refractivity contribution < 1.29 is 27.5 Å². The number of ether oxygens (including phenoxy) is 2. The van der Waals surface area contributed by atoms with E-state index in [4.69, 9.17) is 21.1 Å². The molecule has 0 aliphatic carbocycles. The van der Waals surface area contributed by atoms with Crippen LogP contribution in [-0.2, 0) is 26.0 Å². The number of rotatable bonds is 16. The van der Waals surface area contributed by atoms with E-state index in [0.29, 0.717) is 30.2 Å². The maximum atomic E-state index is 14.1. The van der Waals surface area contributed by atoms with E-state index < -0.39 is 28.5 Å². The third-order valence-corrected chi connectivity index (χ3v) is 9.06. The fraction of sp³-hybridized carbons (Fsp3) is 0.375. The first-order valence-corrected chi connectivity index (χ1v) is 16.1.